The van der Waals surface area contributed by atoms with Gasteiger partial charge in [0.2, 0.25) is 5.91 Å². The lowest BCUT2D eigenvalue weighted by atomic mass is 10.2. The van der Waals surface area contributed by atoms with Gasteiger partial charge in [0.25, 0.3) is 5.91 Å². The van der Waals surface area contributed by atoms with Gasteiger partial charge >= 0.3 is 5.97 Å². The quantitative estimate of drug-likeness (QED) is 0.615. The zero-order valence-electron chi connectivity index (χ0n) is 8.79. The van der Waals surface area contributed by atoms with Gasteiger partial charge in [0.05, 0.1) is 12.0 Å². The minimum atomic E-state index is -1.33. The molecule has 0 aliphatic rings. The molecule has 0 aromatic carbocycles. The van der Waals surface area contributed by atoms with Gasteiger partial charge in [0, 0.05) is 12.4 Å². The first-order valence-corrected chi connectivity index (χ1v) is 4.72. The number of nitrogens with zero attached hydrogens (tertiary/aromatic N) is 1. The van der Waals surface area contributed by atoms with E-state index in [-0.39, 0.29) is 5.56 Å². The standard InChI is InChI=1S/C10H11N3O4/c11-8(14)4-7(10(16)17)13-9(15)6-2-1-3-12-5-6/h1-3,5,7H,4H2,(H2,11,14)(H,13,15)(H,16,17)/t7-/m1/s1. The van der Waals surface area contributed by atoms with Crippen LogP contribution in [0.1, 0.15) is 16.8 Å². The number of hydrogen-bond donors (Lipinski definition) is 3. The van der Waals surface area contributed by atoms with Crippen molar-refractivity contribution < 1.29 is 19.5 Å². The van der Waals surface area contributed by atoms with E-state index < -0.39 is 30.2 Å². The molecule has 0 radical (unpaired) electrons. The van der Waals surface area contributed by atoms with Gasteiger partial charge in [-0.2, -0.15) is 0 Å². The molecule has 0 aliphatic heterocycles. The Bertz CT molecular complexity index is 432. The summed E-state index contributed by atoms with van der Waals surface area (Å²) in [7, 11) is 0. The summed E-state index contributed by atoms with van der Waals surface area (Å²) in [5, 5.41) is 11.0. The molecule has 1 aromatic heterocycles. The summed E-state index contributed by atoms with van der Waals surface area (Å²) in [6.07, 6.45) is 2.31. The van der Waals surface area contributed by atoms with E-state index in [1.165, 1.54) is 18.5 Å². The first-order chi connectivity index (χ1) is 8.00. The molecule has 0 unspecified atom stereocenters. The highest BCUT2D eigenvalue weighted by atomic mass is 16.4. The van der Waals surface area contributed by atoms with E-state index in [0.29, 0.717) is 0 Å². The van der Waals surface area contributed by atoms with Crippen LogP contribution in [0.3, 0.4) is 0 Å². The van der Waals surface area contributed by atoms with Gasteiger partial charge in [-0.3, -0.25) is 14.6 Å². The van der Waals surface area contributed by atoms with E-state index in [1.54, 1.807) is 6.07 Å². The maximum absolute atomic E-state index is 11.6. The van der Waals surface area contributed by atoms with Crippen LogP contribution in [0.2, 0.25) is 0 Å². The first-order valence-electron chi connectivity index (χ1n) is 4.72. The summed E-state index contributed by atoms with van der Waals surface area (Å²) in [6.45, 7) is 0. The van der Waals surface area contributed by atoms with Crippen molar-refractivity contribution in [1.82, 2.24) is 10.3 Å². The van der Waals surface area contributed by atoms with Crippen molar-refractivity contribution in [2.75, 3.05) is 0 Å². The lowest BCUT2D eigenvalue weighted by Gasteiger charge is -2.12. The van der Waals surface area contributed by atoms with Crippen molar-refractivity contribution in [3.63, 3.8) is 0 Å². The molecule has 7 nitrogen and oxygen atoms in total. The summed E-state index contributed by atoms with van der Waals surface area (Å²) in [5.41, 5.74) is 5.09. The number of carbonyl (C=O) groups is 3. The summed E-state index contributed by atoms with van der Waals surface area (Å²) < 4.78 is 0. The van der Waals surface area contributed by atoms with E-state index in [4.69, 9.17) is 10.8 Å². The van der Waals surface area contributed by atoms with Crippen molar-refractivity contribution in [3.8, 4) is 0 Å². The maximum Gasteiger partial charge on any atom is 0.326 e. The van der Waals surface area contributed by atoms with Crippen molar-refractivity contribution in [3.05, 3.63) is 30.1 Å². The topological polar surface area (TPSA) is 122 Å². The molecular formula is C10H11N3O4. The van der Waals surface area contributed by atoms with Gasteiger partial charge in [0.15, 0.2) is 0 Å². The Balaban J connectivity index is 2.71. The zero-order chi connectivity index (χ0) is 12.8. The Hall–Kier alpha value is -2.44. The summed E-state index contributed by atoms with van der Waals surface area (Å²) >= 11 is 0. The van der Waals surface area contributed by atoms with E-state index in [1.807, 2.05) is 0 Å². The Kier molecular flexibility index (Phi) is 4.15. The molecule has 7 heteroatoms. The molecule has 0 spiro atoms. The third-order valence-corrected chi connectivity index (χ3v) is 1.93. The van der Waals surface area contributed by atoms with Crippen LogP contribution >= 0.6 is 0 Å². The number of aliphatic carboxylic acids is 1. The summed E-state index contributed by atoms with van der Waals surface area (Å²) in [6, 6.07) is 1.68. The normalized spacial score (nSPS) is 11.5. The smallest absolute Gasteiger partial charge is 0.326 e. The number of pyridine rings is 1. The second-order valence-corrected chi connectivity index (χ2v) is 3.28. The highest BCUT2D eigenvalue weighted by molar-refractivity contribution is 5.97. The molecular weight excluding hydrogens is 226 g/mol. The van der Waals surface area contributed by atoms with Gasteiger partial charge in [-0.15, -0.1) is 0 Å². The highest BCUT2D eigenvalue weighted by Crippen LogP contribution is 1.98. The van der Waals surface area contributed by atoms with Crippen molar-refractivity contribution >= 4 is 17.8 Å². The number of hydrogen-bond acceptors (Lipinski definition) is 4. The fraction of sp³-hybridized carbons (Fsp3) is 0.200. The first kappa shape index (κ1) is 12.6. The zero-order valence-corrected chi connectivity index (χ0v) is 8.79. The minimum absolute atomic E-state index is 0.211. The van der Waals surface area contributed by atoms with Crippen LogP contribution in [0.4, 0.5) is 0 Å². The number of amides is 2. The number of rotatable bonds is 5. The third kappa shape index (κ3) is 3.90. The molecule has 90 valence electrons. The number of aromatic nitrogens is 1. The maximum atomic E-state index is 11.6. The van der Waals surface area contributed by atoms with E-state index in [2.05, 4.69) is 10.3 Å². The van der Waals surface area contributed by atoms with Crippen LogP contribution in [-0.4, -0.2) is 33.9 Å². The molecule has 4 N–H and O–H groups in total. The van der Waals surface area contributed by atoms with E-state index >= 15 is 0 Å². The summed E-state index contributed by atoms with van der Waals surface area (Å²) in [5.74, 6) is -2.74. The number of nitrogens with one attached hydrogen (secondary N) is 1. The van der Waals surface area contributed by atoms with Crippen LogP contribution in [0.25, 0.3) is 0 Å². The van der Waals surface area contributed by atoms with Gasteiger partial charge in [0.1, 0.15) is 6.04 Å². The number of carboxylic acids is 1. The van der Waals surface area contributed by atoms with Crippen LogP contribution in [0.15, 0.2) is 24.5 Å². The number of carboxylic acid groups (broad SMARTS) is 1. The largest absolute Gasteiger partial charge is 0.480 e. The average molecular weight is 237 g/mol. The predicted octanol–water partition coefficient (Wildman–Crippen LogP) is -0.860. The number of primary amides is 1. The fourth-order valence-electron chi connectivity index (χ4n) is 1.14. The van der Waals surface area contributed by atoms with Gasteiger partial charge in [-0.05, 0) is 12.1 Å². The van der Waals surface area contributed by atoms with E-state index in [9.17, 15) is 14.4 Å². The lowest BCUT2D eigenvalue weighted by molar-refractivity contribution is -0.140. The Morgan fingerprint density at radius 1 is 1.47 bits per heavy atom. The Labute approximate surface area is 96.6 Å². The monoisotopic (exact) mass is 237 g/mol. The van der Waals surface area contributed by atoms with Gasteiger partial charge < -0.3 is 16.2 Å². The van der Waals surface area contributed by atoms with Crippen LogP contribution in [0, 0.1) is 0 Å². The highest BCUT2D eigenvalue weighted by Gasteiger charge is 2.22. The molecule has 1 aromatic rings. The third-order valence-electron chi connectivity index (χ3n) is 1.93. The fourth-order valence-corrected chi connectivity index (χ4v) is 1.14. The predicted molar refractivity (Wildman–Crippen MR) is 56.9 cm³/mol. The molecule has 0 fully saturated rings. The molecule has 0 aliphatic carbocycles. The summed E-state index contributed by atoms with van der Waals surface area (Å²) in [4.78, 5) is 36.7. The molecule has 0 bridgehead atoms. The Morgan fingerprint density at radius 2 is 2.18 bits per heavy atom. The van der Waals surface area contributed by atoms with Crippen molar-refractivity contribution in [2.45, 2.75) is 12.5 Å². The molecule has 2 amide bonds. The van der Waals surface area contributed by atoms with Crippen LogP contribution < -0.4 is 11.1 Å². The van der Waals surface area contributed by atoms with E-state index in [0.717, 1.165) is 0 Å². The van der Waals surface area contributed by atoms with Crippen LogP contribution in [0.5, 0.6) is 0 Å². The molecule has 1 rings (SSSR count). The minimum Gasteiger partial charge on any atom is -0.480 e. The lowest BCUT2D eigenvalue weighted by Crippen LogP contribution is -2.43. The molecule has 17 heavy (non-hydrogen) atoms. The Morgan fingerprint density at radius 3 is 2.65 bits per heavy atom. The molecule has 0 saturated carbocycles. The van der Waals surface area contributed by atoms with Crippen molar-refractivity contribution in [1.29, 1.82) is 0 Å². The van der Waals surface area contributed by atoms with Gasteiger partial charge in [-0.25, -0.2) is 4.79 Å². The SMILES string of the molecule is NC(=O)C[C@@H](NC(=O)c1cccnc1)C(=O)O. The number of nitrogens with two attached hydrogens (primary N) is 1. The molecule has 0 saturated heterocycles. The second-order valence-electron chi connectivity index (χ2n) is 3.28. The average Bonchev–Trinajstić information content (AvgIpc) is 2.28. The van der Waals surface area contributed by atoms with Crippen molar-refractivity contribution in [2.24, 2.45) is 5.73 Å². The van der Waals surface area contributed by atoms with Crippen LogP contribution in [-0.2, 0) is 9.59 Å². The molecule has 1 heterocycles. The molecule has 1 atom stereocenters. The van der Waals surface area contributed by atoms with Gasteiger partial charge in [-0.1, -0.05) is 0 Å². The number of carbonyl (C=O) groups excluding carboxylic acids is 2. The second kappa shape index (κ2) is 5.59.